The lowest BCUT2D eigenvalue weighted by atomic mass is 9.72. The molecule has 3 aliphatic rings. The van der Waals surface area contributed by atoms with E-state index >= 15 is 0 Å². The van der Waals surface area contributed by atoms with E-state index in [9.17, 15) is 5.11 Å². The van der Waals surface area contributed by atoms with Crippen molar-refractivity contribution in [3.63, 3.8) is 0 Å². The number of nitrogens with zero attached hydrogens (tertiary/aromatic N) is 2. The van der Waals surface area contributed by atoms with Crippen molar-refractivity contribution in [1.82, 2.24) is 9.88 Å². The first-order valence-corrected chi connectivity index (χ1v) is 12.5. The number of ether oxygens (including phenoxy) is 1. The standard InChI is InChI=1S/C30H32N2O2/c1-3-19-18-32-14-13-21(19)15-29(32)30(33)26-17-28(31-27-12-11-22(34-2)16-25(26)27)24-10-6-8-20-7-4-5-9-23(20)24/h4-12,16-17,19,21,29-30,33H,3,13-15,18H2,1-2H3/t19-,21-,29-,30+/m0/s1. The molecule has 0 saturated carbocycles. The van der Waals surface area contributed by atoms with Gasteiger partial charge in [0.25, 0.3) is 0 Å². The summed E-state index contributed by atoms with van der Waals surface area (Å²) in [5.41, 5.74) is 3.85. The predicted molar refractivity (Wildman–Crippen MR) is 138 cm³/mol. The molecule has 5 atom stereocenters. The van der Waals surface area contributed by atoms with E-state index in [0.717, 1.165) is 64.8 Å². The maximum absolute atomic E-state index is 11.9. The molecule has 0 radical (unpaired) electrons. The monoisotopic (exact) mass is 452 g/mol. The molecule has 1 aromatic heterocycles. The van der Waals surface area contributed by atoms with Crippen LogP contribution in [0.1, 0.15) is 37.9 Å². The fourth-order valence-electron chi connectivity index (χ4n) is 6.37. The van der Waals surface area contributed by atoms with Gasteiger partial charge in [-0.05, 0) is 71.8 Å². The lowest BCUT2D eigenvalue weighted by Crippen LogP contribution is -2.55. The van der Waals surface area contributed by atoms with E-state index in [2.05, 4.69) is 60.4 Å². The second-order valence-electron chi connectivity index (χ2n) is 9.97. The van der Waals surface area contributed by atoms with E-state index in [-0.39, 0.29) is 6.04 Å². The molecule has 3 aromatic carbocycles. The number of rotatable bonds is 5. The summed E-state index contributed by atoms with van der Waals surface area (Å²) in [6.07, 6.45) is 2.99. The molecule has 0 amide bonds. The Bertz CT molecular complexity index is 1350. The van der Waals surface area contributed by atoms with Crippen molar-refractivity contribution in [2.45, 2.75) is 38.3 Å². The maximum atomic E-state index is 11.9. The van der Waals surface area contributed by atoms with Crippen LogP contribution in [0.15, 0.2) is 66.7 Å². The van der Waals surface area contributed by atoms with Crippen LogP contribution >= 0.6 is 0 Å². The van der Waals surface area contributed by atoms with Gasteiger partial charge in [0.2, 0.25) is 0 Å². The second kappa shape index (κ2) is 8.68. The average molecular weight is 453 g/mol. The molecule has 0 spiro atoms. The van der Waals surface area contributed by atoms with Gasteiger partial charge in [-0.25, -0.2) is 4.98 Å². The Morgan fingerprint density at radius 1 is 1.06 bits per heavy atom. The summed E-state index contributed by atoms with van der Waals surface area (Å²) < 4.78 is 5.53. The number of pyridine rings is 1. The van der Waals surface area contributed by atoms with Crippen LogP contribution in [0.2, 0.25) is 0 Å². The quantitative estimate of drug-likeness (QED) is 0.391. The summed E-state index contributed by atoms with van der Waals surface area (Å²) in [4.78, 5) is 7.58. The van der Waals surface area contributed by atoms with E-state index in [1.807, 2.05) is 18.2 Å². The molecule has 174 valence electrons. The van der Waals surface area contributed by atoms with Gasteiger partial charge in [-0.3, -0.25) is 4.90 Å². The minimum atomic E-state index is -0.563. The van der Waals surface area contributed by atoms with E-state index < -0.39 is 6.10 Å². The number of hydrogen-bond donors (Lipinski definition) is 1. The Kier molecular flexibility index (Phi) is 5.51. The SMILES string of the molecule is CC[C@H]1CN2CC[C@H]1C[C@H]2[C@H](O)c1cc(-c2cccc3ccccc23)nc2ccc(OC)cc12. The number of aliphatic hydroxyl groups excluding tert-OH is 1. The third-order valence-corrected chi connectivity index (χ3v) is 8.26. The molecule has 2 bridgehead atoms. The van der Waals surface area contributed by atoms with Gasteiger partial charge in [-0.1, -0.05) is 55.8 Å². The van der Waals surface area contributed by atoms with Gasteiger partial charge in [0.1, 0.15) is 5.75 Å². The van der Waals surface area contributed by atoms with Crippen LogP contribution in [0.5, 0.6) is 5.75 Å². The van der Waals surface area contributed by atoms with Gasteiger partial charge in [0, 0.05) is 23.5 Å². The summed E-state index contributed by atoms with van der Waals surface area (Å²) in [5.74, 6) is 2.27. The Hall–Kier alpha value is -2.95. The fourth-order valence-corrected chi connectivity index (χ4v) is 6.37. The molecule has 3 aliphatic heterocycles. The molecule has 1 unspecified atom stereocenters. The van der Waals surface area contributed by atoms with Crippen molar-refractivity contribution in [1.29, 1.82) is 0 Å². The van der Waals surface area contributed by atoms with Crippen LogP contribution in [0.3, 0.4) is 0 Å². The number of hydrogen-bond acceptors (Lipinski definition) is 4. The number of methoxy groups -OCH3 is 1. The highest BCUT2D eigenvalue weighted by Gasteiger charge is 2.42. The zero-order chi connectivity index (χ0) is 23.2. The van der Waals surface area contributed by atoms with E-state index in [1.165, 1.54) is 23.6 Å². The summed E-state index contributed by atoms with van der Waals surface area (Å²) in [5, 5.41) is 15.2. The van der Waals surface area contributed by atoms with Gasteiger partial charge in [0.15, 0.2) is 0 Å². The largest absolute Gasteiger partial charge is 0.497 e. The van der Waals surface area contributed by atoms with Gasteiger partial charge >= 0.3 is 0 Å². The zero-order valence-corrected chi connectivity index (χ0v) is 19.9. The number of piperidine rings is 3. The minimum Gasteiger partial charge on any atom is -0.497 e. The predicted octanol–water partition coefficient (Wildman–Crippen LogP) is 6.22. The lowest BCUT2D eigenvalue weighted by Gasteiger charge is -2.51. The molecular formula is C30H32N2O2. The number of aliphatic hydroxyl groups is 1. The third kappa shape index (κ3) is 3.57. The highest BCUT2D eigenvalue weighted by molar-refractivity contribution is 5.97. The number of aromatic nitrogens is 1. The summed E-state index contributed by atoms with van der Waals surface area (Å²) >= 11 is 0. The van der Waals surface area contributed by atoms with Gasteiger partial charge in [-0.2, -0.15) is 0 Å². The molecule has 34 heavy (non-hydrogen) atoms. The van der Waals surface area contributed by atoms with Crippen molar-refractivity contribution < 1.29 is 9.84 Å². The first kappa shape index (κ1) is 21.6. The van der Waals surface area contributed by atoms with Crippen molar-refractivity contribution >= 4 is 21.7 Å². The van der Waals surface area contributed by atoms with Crippen molar-refractivity contribution in [3.05, 3.63) is 72.3 Å². The summed E-state index contributed by atoms with van der Waals surface area (Å²) in [6.45, 7) is 4.49. The molecule has 4 nitrogen and oxygen atoms in total. The topological polar surface area (TPSA) is 45.6 Å². The first-order valence-electron chi connectivity index (χ1n) is 12.5. The Balaban J connectivity index is 1.50. The van der Waals surface area contributed by atoms with E-state index in [4.69, 9.17) is 9.72 Å². The normalized spacial score (nSPS) is 25.0. The van der Waals surface area contributed by atoms with Crippen LogP contribution in [0.25, 0.3) is 32.9 Å². The van der Waals surface area contributed by atoms with E-state index in [0.29, 0.717) is 0 Å². The van der Waals surface area contributed by atoms with Crippen molar-refractivity contribution in [3.8, 4) is 17.0 Å². The fraction of sp³-hybridized carbons (Fsp3) is 0.367. The van der Waals surface area contributed by atoms with Crippen LogP contribution in [-0.4, -0.2) is 41.2 Å². The highest BCUT2D eigenvalue weighted by Crippen LogP contribution is 2.43. The molecule has 1 N–H and O–H groups in total. The molecule has 4 heterocycles. The Labute approximate surface area is 201 Å². The average Bonchev–Trinajstić information content (AvgIpc) is 2.91. The summed E-state index contributed by atoms with van der Waals surface area (Å²) in [7, 11) is 1.69. The smallest absolute Gasteiger partial charge is 0.119 e. The van der Waals surface area contributed by atoms with E-state index in [1.54, 1.807) is 7.11 Å². The maximum Gasteiger partial charge on any atom is 0.119 e. The summed E-state index contributed by atoms with van der Waals surface area (Å²) in [6, 6.07) is 23.0. The molecule has 4 aromatic rings. The molecule has 3 fully saturated rings. The second-order valence-corrected chi connectivity index (χ2v) is 9.97. The number of fused-ring (bicyclic) bond motifs is 5. The van der Waals surface area contributed by atoms with Crippen LogP contribution < -0.4 is 4.74 Å². The molecule has 0 aliphatic carbocycles. The highest BCUT2D eigenvalue weighted by atomic mass is 16.5. The Morgan fingerprint density at radius 3 is 2.71 bits per heavy atom. The van der Waals surface area contributed by atoms with Gasteiger partial charge < -0.3 is 9.84 Å². The molecule has 3 saturated heterocycles. The minimum absolute atomic E-state index is 0.152. The zero-order valence-electron chi connectivity index (χ0n) is 19.9. The van der Waals surface area contributed by atoms with Crippen LogP contribution in [0, 0.1) is 11.8 Å². The van der Waals surface area contributed by atoms with Gasteiger partial charge in [-0.15, -0.1) is 0 Å². The first-order chi connectivity index (χ1) is 16.7. The third-order valence-electron chi connectivity index (χ3n) is 8.26. The molecule has 7 rings (SSSR count). The van der Waals surface area contributed by atoms with Crippen LogP contribution in [-0.2, 0) is 0 Å². The van der Waals surface area contributed by atoms with Crippen LogP contribution in [0.4, 0.5) is 0 Å². The number of benzene rings is 3. The molecular weight excluding hydrogens is 420 g/mol. The molecule has 4 heteroatoms. The Morgan fingerprint density at radius 2 is 1.91 bits per heavy atom. The van der Waals surface area contributed by atoms with Crippen molar-refractivity contribution in [2.75, 3.05) is 20.2 Å². The van der Waals surface area contributed by atoms with Gasteiger partial charge in [0.05, 0.1) is 24.4 Å². The van der Waals surface area contributed by atoms with Crippen molar-refractivity contribution in [2.24, 2.45) is 11.8 Å². The lowest BCUT2D eigenvalue weighted by molar-refractivity contribution is -0.0562.